The summed E-state index contributed by atoms with van der Waals surface area (Å²) in [6, 6.07) is 9.09. The number of fused-ring (bicyclic) bond motifs is 1. The molecule has 0 bridgehead atoms. The minimum Gasteiger partial charge on any atom is -0.346 e. The van der Waals surface area contributed by atoms with Gasteiger partial charge in [0.05, 0.1) is 25.0 Å². The molecule has 34 heavy (non-hydrogen) atoms. The lowest BCUT2D eigenvalue weighted by Gasteiger charge is -2.27. The minimum atomic E-state index is -0.243. The van der Waals surface area contributed by atoms with Crippen LogP contribution < -0.4 is 0 Å². The Kier molecular flexibility index (Phi) is 5.39. The number of halogens is 2. The molecule has 5 heterocycles. The van der Waals surface area contributed by atoms with Crippen LogP contribution in [0.25, 0.3) is 33.3 Å². The summed E-state index contributed by atoms with van der Waals surface area (Å²) in [5.41, 5.74) is 5.74. The molecule has 1 fully saturated rings. The molecule has 0 aliphatic carbocycles. The molecule has 1 aliphatic rings. The number of hydrogen-bond acceptors (Lipinski definition) is 4. The van der Waals surface area contributed by atoms with Gasteiger partial charge < -0.3 is 4.98 Å². The summed E-state index contributed by atoms with van der Waals surface area (Å²) in [7, 11) is 0. The Balaban J connectivity index is 1.27. The van der Waals surface area contributed by atoms with Crippen LogP contribution in [-0.2, 0) is 6.54 Å². The zero-order valence-corrected chi connectivity index (χ0v) is 19.2. The second-order valence-corrected chi connectivity index (χ2v) is 9.21. The molecular weight excluding hydrogens is 453 g/mol. The third-order valence-electron chi connectivity index (χ3n) is 6.43. The van der Waals surface area contributed by atoms with Crippen LogP contribution in [0, 0.1) is 5.82 Å². The smallest absolute Gasteiger partial charge is 0.137 e. The molecule has 6 rings (SSSR count). The topological polar surface area (TPSA) is 67.6 Å². The third-order valence-corrected chi connectivity index (χ3v) is 6.77. The highest BCUT2D eigenvalue weighted by Crippen LogP contribution is 2.32. The van der Waals surface area contributed by atoms with E-state index in [0.29, 0.717) is 12.6 Å². The average Bonchev–Trinajstić information content (AvgIpc) is 3.59. The number of nitrogens with one attached hydrogen (secondary N) is 1. The highest BCUT2D eigenvalue weighted by molar-refractivity contribution is 6.13. The molecule has 5 aromatic rings. The number of aromatic amines is 1. The fourth-order valence-electron chi connectivity index (χ4n) is 4.60. The van der Waals surface area contributed by atoms with Crippen molar-refractivity contribution >= 4 is 22.8 Å². The summed E-state index contributed by atoms with van der Waals surface area (Å²) in [5.74, 6) is -0.243. The number of H-pyrrole nitrogens is 1. The fourth-order valence-corrected chi connectivity index (χ4v) is 4.79. The van der Waals surface area contributed by atoms with Gasteiger partial charge in [-0.25, -0.2) is 13.8 Å². The van der Waals surface area contributed by atoms with Gasteiger partial charge in [-0.3, -0.25) is 9.36 Å². The highest BCUT2D eigenvalue weighted by Gasteiger charge is 2.20. The number of nitrogens with zero attached hydrogens (tertiary/aromatic N) is 6. The van der Waals surface area contributed by atoms with Crippen molar-refractivity contribution in [1.29, 1.82) is 0 Å². The molecule has 0 amide bonds. The molecule has 0 spiro atoms. The van der Waals surface area contributed by atoms with E-state index in [4.69, 9.17) is 11.8 Å². The van der Waals surface area contributed by atoms with Crippen LogP contribution in [0.1, 0.15) is 24.4 Å². The van der Waals surface area contributed by atoms with Gasteiger partial charge in [-0.2, -0.15) is 10.2 Å². The lowest BCUT2D eigenvalue weighted by molar-refractivity contribution is 0.269. The van der Waals surface area contributed by atoms with Crippen LogP contribution in [0.4, 0.5) is 4.39 Å². The summed E-state index contributed by atoms with van der Waals surface area (Å²) in [5, 5.41) is 10.1. The standard InChI is InChI=1S/C25H23ClFN7/c26-32-6-4-22(5-7-32)34-16-19(11-31-34)18-9-23-24(13-29-25(23)28-10-18)20-12-30-33(15-20)14-17-2-1-3-21(27)8-17/h1-3,8-13,15-16,22H,4-7,14H2,(H,28,29). The minimum absolute atomic E-state index is 0.243. The van der Waals surface area contributed by atoms with E-state index < -0.39 is 0 Å². The van der Waals surface area contributed by atoms with Gasteiger partial charge in [-0.05, 0) is 48.4 Å². The van der Waals surface area contributed by atoms with Gasteiger partial charge in [0.1, 0.15) is 11.5 Å². The molecule has 9 heteroatoms. The van der Waals surface area contributed by atoms with Crippen LogP contribution in [0.3, 0.4) is 0 Å². The zero-order valence-electron chi connectivity index (χ0n) is 18.4. The molecule has 4 aromatic heterocycles. The number of rotatable bonds is 5. The molecule has 172 valence electrons. The predicted octanol–water partition coefficient (Wildman–Crippen LogP) is 5.27. The lowest BCUT2D eigenvalue weighted by atomic mass is 10.1. The lowest BCUT2D eigenvalue weighted by Crippen LogP contribution is -2.28. The molecule has 0 saturated carbocycles. The largest absolute Gasteiger partial charge is 0.346 e. The van der Waals surface area contributed by atoms with E-state index in [9.17, 15) is 4.39 Å². The highest BCUT2D eigenvalue weighted by atomic mass is 35.5. The van der Waals surface area contributed by atoms with Gasteiger partial charge in [-0.15, -0.1) is 0 Å². The summed E-state index contributed by atoms with van der Waals surface area (Å²) in [6.07, 6.45) is 13.6. The van der Waals surface area contributed by atoms with Gasteiger partial charge in [0.2, 0.25) is 0 Å². The Morgan fingerprint density at radius 2 is 1.85 bits per heavy atom. The molecule has 0 atom stereocenters. The molecule has 0 unspecified atom stereocenters. The second-order valence-electron chi connectivity index (χ2n) is 8.73. The number of aromatic nitrogens is 6. The number of piperidine rings is 1. The molecule has 1 aliphatic heterocycles. The SMILES string of the molecule is Fc1cccc(Cn2cc(-c3c[nH]c4ncc(-c5cnn(C6CCN(Cl)CC6)c5)cc34)cn2)c1. The first-order valence-electron chi connectivity index (χ1n) is 11.3. The monoisotopic (exact) mass is 475 g/mol. The summed E-state index contributed by atoms with van der Waals surface area (Å²) < 4.78 is 19.2. The average molecular weight is 476 g/mol. The van der Waals surface area contributed by atoms with Crippen molar-refractivity contribution in [3.63, 3.8) is 0 Å². The summed E-state index contributed by atoms with van der Waals surface area (Å²) in [6.45, 7) is 2.24. The molecule has 1 saturated heterocycles. The number of benzene rings is 1. The quantitative estimate of drug-likeness (QED) is 0.352. The Bertz CT molecular complexity index is 1440. The van der Waals surface area contributed by atoms with Crippen molar-refractivity contribution in [2.24, 2.45) is 0 Å². The van der Waals surface area contributed by atoms with E-state index in [0.717, 1.165) is 64.8 Å². The van der Waals surface area contributed by atoms with Crippen LogP contribution in [0.5, 0.6) is 0 Å². The van der Waals surface area contributed by atoms with Gasteiger partial charge in [-0.1, -0.05) is 12.1 Å². The summed E-state index contributed by atoms with van der Waals surface area (Å²) in [4.78, 5) is 7.89. The van der Waals surface area contributed by atoms with E-state index in [2.05, 4.69) is 37.1 Å². The molecule has 7 nitrogen and oxygen atoms in total. The van der Waals surface area contributed by atoms with Gasteiger partial charge in [0, 0.05) is 65.5 Å². The fraction of sp³-hybridized carbons (Fsp3) is 0.240. The molecule has 1 aromatic carbocycles. The van der Waals surface area contributed by atoms with E-state index in [-0.39, 0.29) is 5.82 Å². The molecule has 0 radical (unpaired) electrons. The van der Waals surface area contributed by atoms with Crippen molar-refractivity contribution in [3.8, 4) is 22.3 Å². The molecular formula is C25H23ClFN7. The second kappa shape index (κ2) is 8.70. The number of pyridine rings is 1. The Hall–Kier alpha value is -3.49. The van der Waals surface area contributed by atoms with Gasteiger partial charge >= 0.3 is 0 Å². The maximum atomic E-state index is 13.5. The Morgan fingerprint density at radius 1 is 1.00 bits per heavy atom. The molecule has 1 N–H and O–H groups in total. The van der Waals surface area contributed by atoms with Crippen molar-refractivity contribution < 1.29 is 4.39 Å². The van der Waals surface area contributed by atoms with E-state index in [1.165, 1.54) is 12.1 Å². The first-order valence-corrected chi connectivity index (χ1v) is 11.7. The van der Waals surface area contributed by atoms with Crippen molar-refractivity contribution in [2.75, 3.05) is 13.1 Å². The van der Waals surface area contributed by atoms with Crippen LogP contribution >= 0.6 is 11.8 Å². The summed E-state index contributed by atoms with van der Waals surface area (Å²) >= 11 is 6.10. The Morgan fingerprint density at radius 3 is 2.71 bits per heavy atom. The Labute approximate surface area is 200 Å². The van der Waals surface area contributed by atoms with Gasteiger partial charge in [0.25, 0.3) is 0 Å². The van der Waals surface area contributed by atoms with Crippen LogP contribution in [-0.4, -0.2) is 47.0 Å². The first kappa shape index (κ1) is 21.1. The first-order chi connectivity index (χ1) is 16.6. The predicted molar refractivity (Wildman–Crippen MR) is 130 cm³/mol. The maximum absolute atomic E-state index is 13.5. The maximum Gasteiger partial charge on any atom is 0.137 e. The van der Waals surface area contributed by atoms with E-state index in [1.807, 2.05) is 46.2 Å². The van der Waals surface area contributed by atoms with E-state index >= 15 is 0 Å². The van der Waals surface area contributed by atoms with Crippen molar-refractivity contribution in [1.82, 2.24) is 33.9 Å². The zero-order chi connectivity index (χ0) is 23.1. The normalized spacial score (nSPS) is 15.4. The van der Waals surface area contributed by atoms with Crippen LogP contribution in [0.2, 0.25) is 0 Å². The van der Waals surface area contributed by atoms with Crippen molar-refractivity contribution in [3.05, 3.63) is 78.9 Å². The van der Waals surface area contributed by atoms with E-state index in [1.54, 1.807) is 6.07 Å². The third kappa shape index (κ3) is 4.10. The number of hydrogen-bond donors (Lipinski definition) is 1. The van der Waals surface area contributed by atoms with Gasteiger partial charge in [0.15, 0.2) is 0 Å². The van der Waals surface area contributed by atoms with Crippen molar-refractivity contribution in [2.45, 2.75) is 25.4 Å². The van der Waals surface area contributed by atoms with Crippen LogP contribution in [0.15, 0.2) is 67.5 Å².